The highest BCUT2D eigenvalue weighted by molar-refractivity contribution is 5.92. The topological polar surface area (TPSA) is 58.4 Å². The fraction of sp³-hybridized carbons (Fsp3) is 0.333. The first-order valence-corrected chi connectivity index (χ1v) is 6.92. The molecule has 0 aliphatic heterocycles. The highest BCUT2D eigenvalue weighted by atomic mass is 19.1. The quantitative estimate of drug-likeness (QED) is 0.909. The molecule has 1 amide bonds. The van der Waals surface area contributed by atoms with Crippen molar-refractivity contribution in [2.45, 2.75) is 18.9 Å². The van der Waals surface area contributed by atoms with Crippen molar-refractivity contribution in [2.75, 3.05) is 13.2 Å². The lowest BCUT2D eigenvalue weighted by atomic mass is 10.3. The molecular weight excluding hydrogens is 273 g/mol. The number of amides is 1. The molecule has 3 rings (SSSR count). The zero-order chi connectivity index (χ0) is 14.8. The largest absolute Gasteiger partial charge is 0.395 e. The second-order valence-corrected chi connectivity index (χ2v) is 5.08. The molecule has 1 aliphatic carbocycles. The van der Waals surface area contributed by atoms with Crippen LogP contribution in [-0.4, -0.2) is 44.9 Å². The minimum atomic E-state index is -0.315. The molecule has 6 heteroatoms. The van der Waals surface area contributed by atoms with E-state index in [9.17, 15) is 9.18 Å². The second-order valence-electron chi connectivity index (χ2n) is 5.08. The third-order valence-corrected chi connectivity index (χ3v) is 3.49. The molecule has 0 bridgehead atoms. The van der Waals surface area contributed by atoms with E-state index in [2.05, 4.69) is 5.10 Å². The Balaban J connectivity index is 1.80. The predicted octanol–water partition coefficient (Wildman–Crippen LogP) is 1.61. The maximum atomic E-state index is 12.9. The fourth-order valence-electron chi connectivity index (χ4n) is 2.27. The van der Waals surface area contributed by atoms with Gasteiger partial charge < -0.3 is 10.0 Å². The molecule has 0 unspecified atom stereocenters. The summed E-state index contributed by atoms with van der Waals surface area (Å²) in [4.78, 5) is 14.1. The van der Waals surface area contributed by atoms with E-state index in [1.165, 1.54) is 16.8 Å². The Labute approximate surface area is 121 Å². The molecular formula is C15H16FN3O2. The average molecular weight is 289 g/mol. The zero-order valence-corrected chi connectivity index (χ0v) is 11.4. The van der Waals surface area contributed by atoms with E-state index in [1.54, 1.807) is 29.3 Å². The number of nitrogens with zero attached hydrogens (tertiary/aromatic N) is 3. The molecule has 0 spiro atoms. The van der Waals surface area contributed by atoms with Crippen molar-refractivity contribution >= 4 is 5.91 Å². The first kappa shape index (κ1) is 13.8. The minimum Gasteiger partial charge on any atom is -0.395 e. The SMILES string of the molecule is O=C(c1ccn(-c2ccc(F)cc2)n1)N(CCO)C1CC1. The summed E-state index contributed by atoms with van der Waals surface area (Å²) in [5.41, 5.74) is 1.02. The monoisotopic (exact) mass is 289 g/mol. The van der Waals surface area contributed by atoms with Crippen LogP contribution in [0.2, 0.25) is 0 Å². The van der Waals surface area contributed by atoms with Crippen LogP contribution in [0.1, 0.15) is 23.3 Å². The summed E-state index contributed by atoms with van der Waals surface area (Å²) in [6.45, 7) is 0.272. The summed E-state index contributed by atoms with van der Waals surface area (Å²) in [6, 6.07) is 7.76. The average Bonchev–Trinajstić information content (AvgIpc) is 3.21. The minimum absolute atomic E-state index is 0.0547. The number of aliphatic hydroxyl groups is 1. The van der Waals surface area contributed by atoms with Gasteiger partial charge in [0.2, 0.25) is 0 Å². The van der Waals surface area contributed by atoms with Crippen molar-refractivity contribution < 1.29 is 14.3 Å². The van der Waals surface area contributed by atoms with Gasteiger partial charge in [0.05, 0.1) is 12.3 Å². The van der Waals surface area contributed by atoms with Crippen molar-refractivity contribution in [1.82, 2.24) is 14.7 Å². The van der Waals surface area contributed by atoms with Gasteiger partial charge in [-0.2, -0.15) is 5.10 Å². The van der Waals surface area contributed by atoms with Gasteiger partial charge in [0, 0.05) is 18.8 Å². The molecule has 0 radical (unpaired) electrons. The smallest absolute Gasteiger partial charge is 0.274 e. The van der Waals surface area contributed by atoms with Gasteiger partial charge in [0.25, 0.3) is 5.91 Å². The fourth-order valence-corrected chi connectivity index (χ4v) is 2.27. The number of aliphatic hydroxyl groups excluding tert-OH is 1. The van der Waals surface area contributed by atoms with Gasteiger partial charge in [0.1, 0.15) is 5.82 Å². The number of hydrogen-bond acceptors (Lipinski definition) is 3. The van der Waals surface area contributed by atoms with Gasteiger partial charge in [-0.05, 0) is 43.2 Å². The number of halogens is 1. The van der Waals surface area contributed by atoms with Gasteiger partial charge in [-0.25, -0.2) is 9.07 Å². The molecule has 1 N–H and O–H groups in total. The Morgan fingerprint density at radius 2 is 2.05 bits per heavy atom. The molecule has 1 aromatic carbocycles. The molecule has 110 valence electrons. The van der Waals surface area contributed by atoms with Gasteiger partial charge >= 0.3 is 0 Å². The maximum Gasteiger partial charge on any atom is 0.274 e. The number of benzene rings is 1. The summed E-state index contributed by atoms with van der Waals surface area (Å²) in [6.07, 6.45) is 3.62. The van der Waals surface area contributed by atoms with E-state index in [0.717, 1.165) is 12.8 Å². The molecule has 0 atom stereocenters. The first-order chi connectivity index (χ1) is 10.2. The van der Waals surface area contributed by atoms with E-state index < -0.39 is 0 Å². The van der Waals surface area contributed by atoms with Crippen LogP contribution in [0.4, 0.5) is 4.39 Å². The van der Waals surface area contributed by atoms with E-state index >= 15 is 0 Å². The molecule has 1 aliphatic rings. The number of carbonyl (C=O) groups is 1. The Hall–Kier alpha value is -2.21. The second kappa shape index (κ2) is 5.65. The Morgan fingerprint density at radius 1 is 1.33 bits per heavy atom. The summed E-state index contributed by atoms with van der Waals surface area (Å²) in [7, 11) is 0. The van der Waals surface area contributed by atoms with Gasteiger partial charge in [-0.15, -0.1) is 0 Å². The predicted molar refractivity (Wildman–Crippen MR) is 74.7 cm³/mol. The van der Waals surface area contributed by atoms with Gasteiger partial charge in [-0.1, -0.05) is 0 Å². The molecule has 1 saturated carbocycles. The zero-order valence-electron chi connectivity index (χ0n) is 11.4. The number of carbonyl (C=O) groups excluding carboxylic acids is 1. The van der Waals surface area contributed by atoms with Crippen molar-refractivity contribution in [3.63, 3.8) is 0 Å². The summed E-state index contributed by atoms with van der Waals surface area (Å²) >= 11 is 0. The Bertz CT molecular complexity index is 635. The van der Waals surface area contributed by atoms with Crippen molar-refractivity contribution in [3.8, 4) is 5.69 Å². The lowest BCUT2D eigenvalue weighted by molar-refractivity contribution is 0.0701. The molecule has 1 aromatic heterocycles. The van der Waals surface area contributed by atoms with E-state index in [4.69, 9.17) is 5.11 Å². The van der Waals surface area contributed by atoms with Crippen LogP contribution >= 0.6 is 0 Å². The normalized spacial score (nSPS) is 14.2. The summed E-state index contributed by atoms with van der Waals surface area (Å²) in [5.74, 6) is -0.488. The van der Waals surface area contributed by atoms with Gasteiger partial charge in [-0.3, -0.25) is 4.79 Å². The number of rotatable bonds is 5. The molecule has 0 saturated heterocycles. The summed E-state index contributed by atoms with van der Waals surface area (Å²) in [5, 5.41) is 13.3. The van der Waals surface area contributed by atoms with Crippen LogP contribution in [-0.2, 0) is 0 Å². The molecule has 2 aromatic rings. The van der Waals surface area contributed by atoms with Crippen molar-refractivity contribution in [3.05, 3.63) is 48.0 Å². The highest BCUT2D eigenvalue weighted by Crippen LogP contribution is 2.27. The lowest BCUT2D eigenvalue weighted by Crippen LogP contribution is -2.35. The maximum absolute atomic E-state index is 12.9. The molecule has 1 heterocycles. The van der Waals surface area contributed by atoms with Crippen LogP contribution in [0, 0.1) is 5.82 Å². The molecule has 21 heavy (non-hydrogen) atoms. The molecule has 1 fully saturated rings. The highest BCUT2D eigenvalue weighted by Gasteiger charge is 2.33. The van der Waals surface area contributed by atoms with E-state index in [0.29, 0.717) is 17.9 Å². The van der Waals surface area contributed by atoms with Gasteiger partial charge in [0.15, 0.2) is 5.69 Å². The van der Waals surface area contributed by atoms with Crippen molar-refractivity contribution in [1.29, 1.82) is 0 Å². The summed E-state index contributed by atoms with van der Waals surface area (Å²) < 4.78 is 14.4. The van der Waals surface area contributed by atoms with Crippen molar-refractivity contribution in [2.24, 2.45) is 0 Å². The number of aromatic nitrogens is 2. The molecule has 5 nitrogen and oxygen atoms in total. The Kier molecular flexibility index (Phi) is 3.70. The third kappa shape index (κ3) is 2.95. The van der Waals surface area contributed by atoms with Crippen LogP contribution < -0.4 is 0 Å². The van der Waals surface area contributed by atoms with E-state index in [1.807, 2.05) is 0 Å². The van der Waals surface area contributed by atoms with Crippen LogP contribution in [0.15, 0.2) is 36.5 Å². The van der Waals surface area contributed by atoms with Crippen LogP contribution in [0.5, 0.6) is 0 Å². The van der Waals surface area contributed by atoms with Crippen LogP contribution in [0.25, 0.3) is 5.69 Å². The van der Waals surface area contributed by atoms with E-state index in [-0.39, 0.29) is 24.4 Å². The third-order valence-electron chi connectivity index (χ3n) is 3.49. The number of hydrogen-bond donors (Lipinski definition) is 1. The first-order valence-electron chi connectivity index (χ1n) is 6.92. The Morgan fingerprint density at radius 3 is 2.67 bits per heavy atom. The van der Waals surface area contributed by atoms with Crippen LogP contribution in [0.3, 0.4) is 0 Å². The lowest BCUT2D eigenvalue weighted by Gasteiger charge is -2.19. The standard InChI is InChI=1S/C15H16FN3O2/c16-11-1-3-13(4-2-11)19-8-7-14(17-19)15(21)18(9-10-20)12-5-6-12/h1-4,7-8,12,20H,5-6,9-10H2.